The highest BCUT2D eigenvalue weighted by Crippen LogP contribution is 2.45. The van der Waals surface area contributed by atoms with Crippen LogP contribution in [0.5, 0.6) is 0 Å². The number of non-ortho nitro benzene ring substituents is 2. The Hall–Kier alpha value is -5.16. The van der Waals surface area contributed by atoms with Crippen LogP contribution >= 0.6 is 0 Å². The molecule has 4 aromatic rings. The number of nitro groups is 2. The Labute approximate surface area is 214 Å². The third-order valence-corrected chi connectivity index (χ3v) is 6.23. The van der Waals surface area contributed by atoms with Crippen LogP contribution in [0.4, 0.5) is 20.2 Å². The van der Waals surface area contributed by atoms with Gasteiger partial charge < -0.3 is 0 Å². The smallest absolute Gasteiger partial charge is 0.258 e. The molecule has 2 aliphatic carbocycles. The number of hydrogen-bond donors (Lipinski definition) is 1. The van der Waals surface area contributed by atoms with Crippen molar-refractivity contribution in [3.8, 4) is 11.4 Å². The van der Waals surface area contributed by atoms with Crippen molar-refractivity contribution in [3.63, 3.8) is 0 Å². The summed E-state index contributed by atoms with van der Waals surface area (Å²) in [5.74, 6) is -1.44. The summed E-state index contributed by atoms with van der Waals surface area (Å²) in [7, 11) is 1.40. The lowest BCUT2D eigenvalue weighted by molar-refractivity contribution is -0.385. The van der Waals surface area contributed by atoms with E-state index in [0.717, 1.165) is 64.0 Å². The molecule has 6 rings (SSSR count). The van der Waals surface area contributed by atoms with Crippen LogP contribution in [0.15, 0.2) is 33.9 Å². The first-order chi connectivity index (χ1) is 18.6. The summed E-state index contributed by atoms with van der Waals surface area (Å²) in [5, 5.41) is 37.7. The van der Waals surface area contributed by atoms with E-state index in [9.17, 15) is 38.6 Å². The Balaban J connectivity index is 0.000000158. The number of nitro benzene ring substituents is 2. The summed E-state index contributed by atoms with van der Waals surface area (Å²) in [6.45, 7) is 0. The molecule has 16 nitrogen and oxygen atoms in total. The van der Waals surface area contributed by atoms with Crippen LogP contribution in [0.1, 0.15) is 48.6 Å². The average molecular weight is 544 g/mol. The van der Waals surface area contributed by atoms with E-state index in [1.807, 2.05) is 0 Å². The van der Waals surface area contributed by atoms with Gasteiger partial charge in [-0.05, 0) is 58.4 Å². The van der Waals surface area contributed by atoms with Gasteiger partial charge in [0, 0.05) is 30.3 Å². The van der Waals surface area contributed by atoms with Crippen LogP contribution in [0.25, 0.3) is 11.4 Å². The Morgan fingerprint density at radius 3 is 1.67 bits per heavy atom. The van der Waals surface area contributed by atoms with Crippen molar-refractivity contribution in [2.24, 2.45) is 7.05 Å². The summed E-state index contributed by atoms with van der Waals surface area (Å²) < 4.78 is 30.8. The molecule has 1 N–H and O–H groups in total. The van der Waals surface area contributed by atoms with Crippen LogP contribution < -0.4 is 11.4 Å². The van der Waals surface area contributed by atoms with Gasteiger partial charge in [-0.1, -0.05) is 0 Å². The van der Waals surface area contributed by atoms with Gasteiger partial charge in [0.1, 0.15) is 11.6 Å². The summed E-state index contributed by atoms with van der Waals surface area (Å²) >= 11 is 0. The number of nitrogens with one attached hydrogen (secondary N) is 1. The van der Waals surface area contributed by atoms with Crippen molar-refractivity contribution in [2.75, 3.05) is 0 Å². The van der Waals surface area contributed by atoms with E-state index in [4.69, 9.17) is 0 Å². The van der Waals surface area contributed by atoms with Gasteiger partial charge in [-0.3, -0.25) is 20.2 Å². The Morgan fingerprint density at radius 1 is 0.821 bits per heavy atom. The summed E-state index contributed by atoms with van der Waals surface area (Å²) in [6.07, 6.45) is 3.15. The number of aryl methyl sites for hydroxylation is 1. The molecule has 202 valence electrons. The van der Waals surface area contributed by atoms with Gasteiger partial charge in [0.05, 0.1) is 33.4 Å². The maximum Gasteiger partial charge on any atom is 0.368 e. The van der Waals surface area contributed by atoms with Gasteiger partial charge in [-0.2, -0.15) is 14.0 Å². The number of nitrogens with zero attached hydrogens (tertiary/aromatic N) is 9. The molecule has 2 fully saturated rings. The number of aromatic nitrogens is 8. The predicted octanol–water partition coefficient (Wildman–Crippen LogP) is 1.77. The lowest BCUT2D eigenvalue weighted by Gasteiger charge is -2.08. The fourth-order valence-corrected chi connectivity index (χ4v) is 4.11. The van der Waals surface area contributed by atoms with E-state index in [1.165, 1.54) is 7.05 Å². The first-order valence-corrected chi connectivity index (χ1v) is 11.5. The maximum absolute atomic E-state index is 14.1. The molecule has 2 aromatic carbocycles. The van der Waals surface area contributed by atoms with E-state index >= 15 is 0 Å². The Bertz CT molecular complexity index is 1730. The highest BCUT2D eigenvalue weighted by Gasteiger charge is 2.33. The number of aromatic amines is 1. The first-order valence-electron chi connectivity index (χ1n) is 11.5. The Kier molecular flexibility index (Phi) is 6.28. The number of tetrazole rings is 2. The summed E-state index contributed by atoms with van der Waals surface area (Å²) in [6, 6.07) is 4.04. The fraction of sp³-hybridized carbons (Fsp3) is 0.333. The zero-order valence-electron chi connectivity index (χ0n) is 20.0. The van der Waals surface area contributed by atoms with Crippen molar-refractivity contribution < 1.29 is 18.6 Å². The van der Waals surface area contributed by atoms with Gasteiger partial charge in [0.25, 0.3) is 11.4 Å². The Morgan fingerprint density at radius 2 is 1.31 bits per heavy atom. The van der Waals surface area contributed by atoms with E-state index in [0.29, 0.717) is 5.56 Å². The molecule has 0 unspecified atom stereocenters. The van der Waals surface area contributed by atoms with E-state index in [-0.39, 0.29) is 28.8 Å². The lowest BCUT2D eigenvalue weighted by Crippen LogP contribution is -2.23. The first kappa shape index (κ1) is 25.5. The quantitative estimate of drug-likeness (QED) is 0.275. The minimum Gasteiger partial charge on any atom is -0.258 e. The summed E-state index contributed by atoms with van der Waals surface area (Å²) in [5.41, 5.74) is -1.34. The average Bonchev–Trinajstić information content (AvgIpc) is 3.82. The van der Waals surface area contributed by atoms with E-state index in [2.05, 4.69) is 26.0 Å². The molecule has 0 bridgehead atoms. The molecule has 39 heavy (non-hydrogen) atoms. The SMILES string of the molecule is Cn1nnn(-c2cc([N+](=O)[O-])cc(F)c2C2CC2)c1=O.O=c1[nH]nnn1-c1cc([N+](=O)[O-])cc(F)c1C1CC1. The van der Waals surface area contributed by atoms with Gasteiger partial charge >= 0.3 is 11.4 Å². The standard InChI is InChI=1S/C11H10FN5O3.C10H8FN5O3/c1-15-11(18)16(14-13-15)9-5-7(17(19)20)4-8(12)10(9)6-2-3-6;11-7-3-6(16(18)19)4-8(9(7)5-1-2-5)15-10(17)12-13-14-15/h4-6H,2-3H2,1H3;3-5H,1-2H2,(H,12,14,17). The fourth-order valence-electron chi connectivity index (χ4n) is 4.11. The summed E-state index contributed by atoms with van der Waals surface area (Å²) in [4.78, 5) is 43.5. The molecule has 0 spiro atoms. The molecule has 0 atom stereocenters. The van der Waals surface area contributed by atoms with Crippen LogP contribution in [-0.2, 0) is 7.05 Å². The molecule has 2 heterocycles. The van der Waals surface area contributed by atoms with Gasteiger partial charge in [-0.15, -0.1) is 0 Å². The monoisotopic (exact) mass is 544 g/mol. The van der Waals surface area contributed by atoms with Crippen molar-refractivity contribution in [1.29, 1.82) is 0 Å². The molecule has 0 radical (unpaired) electrons. The molecular weight excluding hydrogens is 526 g/mol. The second-order valence-electron chi connectivity index (χ2n) is 9.00. The van der Waals surface area contributed by atoms with Gasteiger partial charge in [0.2, 0.25) is 0 Å². The van der Waals surface area contributed by atoms with Crippen molar-refractivity contribution >= 4 is 11.4 Å². The van der Waals surface area contributed by atoms with Crippen molar-refractivity contribution in [3.05, 3.63) is 88.2 Å². The topological polar surface area (TPSA) is 203 Å². The number of rotatable bonds is 6. The zero-order chi connectivity index (χ0) is 28.0. The van der Waals surface area contributed by atoms with Crippen molar-refractivity contribution in [1.82, 2.24) is 40.0 Å². The number of halogens is 2. The largest absolute Gasteiger partial charge is 0.368 e. The highest BCUT2D eigenvalue weighted by molar-refractivity contribution is 5.53. The van der Waals surface area contributed by atoms with E-state index in [1.54, 1.807) is 0 Å². The lowest BCUT2D eigenvalue weighted by atomic mass is 10.1. The predicted molar refractivity (Wildman–Crippen MR) is 126 cm³/mol. The van der Waals surface area contributed by atoms with Crippen molar-refractivity contribution in [2.45, 2.75) is 37.5 Å². The molecule has 2 aliphatic rings. The minimum absolute atomic E-state index is 0.0280. The molecule has 0 aliphatic heterocycles. The van der Waals surface area contributed by atoms with E-state index < -0.39 is 44.2 Å². The number of hydrogen-bond acceptors (Lipinski definition) is 10. The van der Waals surface area contributed by atoms with Crippen LogP contribution in [0.2, 0.25) is 0 Å². The second kappa shape index (κ2) is 9.62. The third kappa shape index (κ3) is 4.90. The normalized spacial score (nSPS) is 14.5. The molecule has 0 amide bonds. The molecule has 2 aromatic heterocycles. The second-order valence-corrected chi connectivity index (χ2v) is 9.00. The minimum atomic E-state index is -0.714. The molecular formula is C21H18F2N10O6. The number of H-pyrrole nitrogens is 1. The van der Waals surface area contributed by atoms with Gasteiger partial charge in [-0.25, -0.2) is 23.5 Å². The maximum atomic E-state index is 14.1. The molecule has 18 heteroatoms. The van der Waals surface area contributed by atoms with Gasteiger partial charge in [0.15, 0.2) is 0 Å². The number of benzene rings is 2. The van der Waals surface area contributed by atoms with Crippen LogP contribution in [0, 0.1) is 31.9 Å². The molecule has 2 saturated carbocycles. The van der Waals surface area contributed by atoms with Crippen LogP contribution in [0.3, 0.4) is 0 Å². The highest BCUT2D eigenvalue weighted by atomic mass is 19.1. The third-order valence-electron chi connectivity index (χ3n) is 6.23. The zero-order valence-corrected chi connectivity index (χ0v) is 20.0. The molecule has 0 saturated heterocycles. The van der Waals surface area contributed by atoms with Crippen LogP contribution in [-0.4, -0.2) is 49.8 Å².